The van der Waals surface area contributed by atoms with Gasteiger partial charge in [-0.1, -0.05) is 0 Å². The number of methoxy groups -OCH3 is 1. The lowest BCUT2D eigenvalue weighted by Gasteiger charge is -2.24. The summed E-state index contributed by atoms with van der Waals surface area (Å²) in [7, 11) is 4.62. The second kappa shape index (κ2) is 5.94. The van der Waals surface area contributed by atoms with Crippen molar-refractivity contribution in [3.8, 4) is 0 Å². The molecular weight excluding hydrogens is 262 g/mol. The molecule has 20 heavy (non-hydrogen) atoms. The third-order valence-corrected chi connectivity index (χ3v) is 2.48. The van der Waals surface area contributed by atoms with Gasteiger partial charge in [0.15, 0.2) is 5.69 Å². The van der Waals surface area contributed by atoms with E-state index in [1.807, 2.05) is 0 Å². The summed E-state index contributed by atoms with van der Waals surface area (Å²) in [6, 6.07) is 1.59. The molecule has 0 aliphatic carbocycles. The molecule has 0 aromatic carbocycles. The van der Waals surface area contributed by atoms with E-state index in [9.17, 15) is 9.59 Å². The maximum atomic E-state index is 11.9. The van der Waals surface area contributed by atoms with Crippen LogP contribution in [0.5, 0.6) is 0 Å². The normalized spacial score (nSPS) is 11.1. The molecule has 0 unspecified atom stereocenters. The third kappa shape index (κ3) is 4.25. The number of aryl methyl sites for hydroxylation is 1. The van der Waals surface area contributed by atoms with Gasteiger partial charge in [0.25, 0.3) is 0 Å². The molecule has 112 valence electrons. The number of esters is 1. The van der Waals surface area contributed by atoms with Crippen molar-refractivity contribution in [3.05, 3.63) is 17.5 Å². The molecule has 7 heteroatoms. The Morgan fingerprint density at radius 1 is 1.40 bits per heavy atom. The maximum absolute atomic E-state index is 11.9. The van der Waals surface area contributed by atoms with Crippen LogP contribution in [0.3, 0.4) is 0 Å². The third-order valence-electron chi connectivity index (χ3n) is 2.48. The summed E-state index contributed by atoms with van der Waals surface area (Å²) < 4.78 is 11.4. The van der Waals surface area contributed by atoms with Crippen LogP contribution in [0.25, 0.3) is 0 Å². The van der Waals surface area contributed by atoms with Gasteiger partial charge in [0, 0.05) is 14.1 Å². The lowest BCUT2D eigenvalue weighted by molar-refractivity contribution is 0.0281. The first-order chi connectivity index (χ1) is 9.14. The van der Waals surface area contributed by atoms with Crippen molar-refractivity contribution in [1.29, 1.82) is 0 Å². The van der Waals surface area contributed by atoms with Crippen LogP contribution >= 0.6 is 0 Å². The SMILES string of the molecule is COC(=O)c1cc(CN(C)C(=O)OC(C)(C)C)n(C)n1. The Kier molecular flexibility index (Phi) is 4.75. The second-order valence-electron chi connectivity index (χ2n) is 5.47. The van der Waals surface area contributed by atoms with Crippen molar-refractivity contribution in [2.45, 2.75) is 32.9 Å². The zero-order valence-corrected chi connectivity index (χ0v) is 12.8. The molecule has 1 aromatic heterocycles. The number of carbonyl (C=O) groups excluding carboxylic acids is 2. The fraction of sp³-hybridized carbons (Fsp3) is 0.615. The standard InChI is InChI=1S/C13H21N3O4/c1-13(2,3)20-12(18)15(4)8-9-7-10(11(17)19-6)14-16(9)5/h7H,8H2,1-6H3. The zero-order valence-electron chi connectivity index (χ0n) is 12.8. The van der Waals surface area contributed by atoms with E-state index in [2.05, 4.69) is 9.84 Å². The van der Waals surface area contributed by atoms with E-state index < -0.39 is 17.7 Å². The predicted molar refractivity (Wildman–Crippen MR) is 72.2 cm³/mol. The molecule has 1 amide bonds. The summed E-state index contributed by atoms with van der Waals surface area (Å²) >= 11 is 0. The molecule has 0 radical (unpaired) electrons. The van der Waals surface area contributed by atoms with Gasteiger partial charge in [-0.3, -0.25) is 4.68 Å². The molecule has 0 fully saturated rings. The fourth-order valence-corrected chi connectivity index (χ4v) is 1.51. The molecule has 0 atom stereocenters. The molecule has 1 heterocycles. The summed E-state index contributed by atoms with van der Waals surface area (Å²) in [5, 5.41) is 4.03. The van der Waals surface area contributed by atoms with Crippen LogP contribution in [-0.4, -0.2) is 46.5 Å². The van der Waals surface area contributed by atoms with Gasteiger partial charge in [-0.25, -0.2) is 9.59 Å². The summed E-state index contributed by atoms with van der Waals surface area (Å²) in [4.78, 5) is 24.7. The molecule has 1 rings (SSSR count). The average molecular weight is 283 g/mol. The molecule has 0 saturated carbocycles. The minimum absolute atomic E-state index is 0.211. The fourth-order valence-electron chi connectivity index (χ4n) is 1.51. The van der Waals surface area contributed by atoms with Gasteiger partial charge >= 0.3 is 12.1 Å². The molecule has 0 saturated heterocycles. The van der Waals surface area contributed by atoms with E-state index in [1.54, 1.807) is 40.9 Å². The Hall–Kier alpha value is -2.05. The summed E-state index contributed by atoms with van der Waals surface area (Å²) in [6.45, 7) is 5.70. The van der Waals surface area contributed by atoms with Crippen LogP contribution in [0.4, 0.5) is 4.79 Å². The Morgan fingerprint density at radius 3 is 2.50 bits per heavy atom. The Morgan fingerprint density at radius 2 is 2.00 bits per heavy atom. The highest BCUT2D eigenvalue weighted by Crippen LogP contribution is 2.12. The highest BCUT2D eigenvalue weighted by Gasteiger charge is 2.21. The molecule has 1 aromatic rings. The summed E-state index contributed by atoms with van der Waals surface area (Å²) in [5.41, 5.74) is 0.371. The average Bonchev–Trinajstić information content (AvgIpc) is 2.67. The maximum Gasteiger partial charge on any atom is 0.410 e. The molecule has 0 bridgehead atoms. The number of nitrogens with zero attached hydrogens (tertiary/aromatic N) is 3. The summed E-state index contributed by atoms with van der Waals surface area (Å²) in [6.07, 6.45) is -0.432. The molecule has 0 N–H and O–H groups in total. The van der Waals surface area contributed by atoms with Crippen LogP contribution < -0.4 is 0 Å². The highest BCUT2D eigenvalue weighted by atomic mass is 16.6. The topological polar surface area (TPSA) is 73.7 Å². The monoisotopic (exact) mass is 283 g/mol. The van der Waals surface area contributed by atoms with Crippen LogP contribution in [0.1, 0.15) is 37.0 Å². The lowest BCUT2D eigenvalue weighted by atomic mass is 10.2. The number of amides is 1. The molecule has 0 aliphatic heterocycles. The smallest absolute Gasteiger partial charge is 0.410 e. The first kappa shape index (κ1) is 16.0. The van der Waals surface area contributed by atoms with Gasteiger partial charge in [-0.05, 0) is 26.8 Å². The van der Waals surface area contributed by atoms with Crippen molar-refractivity contribution in [1.82, 2.24) is 14.7 Å². The van der Waals surface area contributed by atoms with Crippen LogP contribution in [-0.2, 0) is 23.1 Å². The van der Waals surface area contributed by atoms with E-state index in [0.717, 1.165) is 0 Å². The predicted octanol–water partition coefficient (Wildman–Crippen LogP) is 1.57. The van der Waals surface area contributed by atoms with E-state index in [-0.39, 0.29) is 12.2 Å². The Labute approximate surface area is 118 Å². The van der Waals surface area contributed by atoms with E-state index in [1.165, 1.54) is 16.7 Å². The van der Waals surface area contributed by atoms with Crippen LogP contribution in [0.15, 0.2) is 6.07 Å². The first-order valence-corrected chi connectivity index (χ1v) is 6.19. The minimum Gasteiger partial charge on any atom is -0.464 e. The van der Waals surface area contributed by atoms with Crippen molar-refractivity contribution in [2.24, 2.45) is 7.05 Å². The zero-order chi connectivity index (χ0) is 15.5. The second-order valence-corrected chi connectivity index (χ2v) is 5.47. The molecule has 0 aliphatic rings. The van der Waals surface area contributed by atoms with E-state index in [4.69, 9.17) is 4.74 Å². The number of hydrogen-bond acceptors (Lipinski definition) is 5. The van der Waals surface area contributed by atoms with Gasteiger partial charge in [0.05, 0.1) is 19.3 Å². The first-order valence-electron chi connectivity index (χ1n) is 6.19. The van der Waals surface area contributed by atoms with Crippen molar-refractivity contribution < 1.29 is 19.1 Å². The number of carbonyl (C=O) groups is 2. The van der Waals surface area contributed by atoms with Gasteiger partial charge in [0.2, 0.25) is 0 Å². The minimum atomic E-state index is -0.547. The number of ether oxygens (including phenoxy) is 2. The molecule has 7 nitrogen and oxygen atoms in total. The highest BCUT2D eigenvalue weighted by molar-refractivity contribution is 5.87. The number of rotatable bonds is 3. The van der Waals surface area contributed by atoms with Crippen LogP contribution in [0.2, 0.25) is 0 Å². The van der Waals surface area contributed by atoms with Gasteiger partial charge < -0.3 is 14.4 Å². The largest absolute Gasteiger partial charge is 0.464 e. The van der Waals surface area contributed by atoms with Crippen molar-refractivity contribution >= 4 is 12.1 Å². The van der Waals surface area contributed by atoms with E-state index >= 15 is 0 Å². The van der Waals surface area contributed by atoms with E-state index in [0.29, 0.717) is 5.69 Å². The van der Waals surface area contributed by atoms with Crippen LogP contribution in [0, 0.1) is 0 Å². The van der Waals surface area contributed by atoms with Crippen molar-refractivity contribution in [3.63, 3.8) is 0 Å². The summed E-state index contributed by atoms with van der Waals surface area (Å²) in [5.74, 6) is -0.508. The number of aromatic nitrogens is 2. The van der Waals surface area contributed by atoms with Crippen molar-refractivity contribution in [2.75, 3.05) is 14.2 Å². The Balaban J connectivity index is 2.76. The van der Waals surface area contributed by atoms with Gasteiger partial charge in [-0.15, -0.1) is 0 Å². The Bertz CT molecular complexity index is 502. The number of hydrogen-bond donors (Lipinski definition) is 0. The molecular formula is C13H21N3O4. The lowest BCUT2D eigenvalue weighted by Crippen LogP contribution is -2.34. The van der Waals surface area contributed by atoms with Gasteiger partial charge in [-0.2, -0.15) is 5.10 Å². The quantitative estimate of drug-likeness (QED) is 0.787. The van der Waals surface area contributed by atoms with Gasteiger partial charge in [0.1, 0.15) is 5.60 Å². The molecule has 0 spiro atoms.